The van der Waals surface area contributed by atoms with Gasteiger partial charge < -0.3 is 29.2 Å². The van der Waals surface area contributed by atoms with Gasteiger partial charge in [-0.25, -0.2) is 0 Å². The average molecular weight is 789 g/mol. The quantitative estimate of drug-likeness (QED) is 0.110. The molecule has 2 aromatic carbocycles. The zero-order valence-electron chi connectivity index (χ0n) is 33.6. The molecule has 6 saturated carbocycles. The molecule has 2 heterocycles. The fourth-order valence-electron chi connectivity index (χ4n) is 9.88. The fourth-order valence-corrected chi connectivity index (χ4v) is 9.88. The molecule has 306 valence electrons. The molecule has 6 fully saturated rings. The molecule has 0 amide bonds. The first-order valence-electron chi connectivity index (χ1n) is 21.9. The summed E-state index contributed by atoms with van der Waals surface area (Å²) in [6, 6.07) is 20.3. The lowest BCUT2D eigenvalue weighted by molar-refractivity contribution is -0.151. The van der Waals surface area contributed by atoms with E-state index in [0.29, 0.717) is 30.5 Å². The van der Waals surface area contributed by atoms with Gasteiger partial charge in [-0.05, 0) is 107 Å². The summed E-state index contributed by atoms with van der Waals surface area (Å²) < 4.78 is 22.3. The SMILES string of the molecule is COC(=O)C1CCC(c2nc(C3(CN[C@H]4C[C@@H]4c4ccc(COC(=O)C5CCC(c6nc(C7(CN[C@@H]8C[C@H]8c8ccccc8)CC7)no6)CC5)cc4)CC3)no2)CC1. The summed E-state index contributed by atoms with van der Waals surface area (Å²) in [5.74, 6) is 4.31. The summed E-state index contributed by atoms with van der Waals surface area (Å²) in [4.78, 5) is 34.8. The van der Waals surface area contributed by atoms with Gasteiger partial charge in [0.1, 0.15) is 6.61 Å². The number of rotatable bonds is 16. The minimum atomic E-state index is -0.111. The molecule has 6 aliphatic rings. The Bertz CT molecular complexity index is 2060. The summed E-state index contributed by atoms with van der Waals surface area (Å²) in [5.41, 5.74) is 3.70. The predicted molar refractivity (Wildman–Crippen MR) is 213 cm³/mol. The molecule has 4 aromatic rings. The first kappa shape index (κ1) is 37.8. The molecule has 0 saturated heterocycles. The van der Waals surface area contributed by atoms with Crippen LogP contribution in [0.4, 0.5) is 0 Å². The van der Waals surface area contributed by atoms with E-state index in [2.05, 4.69) is 75.5 Å². The van der Waals surface area contributed by atoms with Crippen LogP contribution in [0.2, 0.25) is 0 Å². The Morgan fingerprint density at radius 2 is 1.14 bits per heavy atom. The summed E-state index contributed by atoms with van der Waals surface area (Å²) in [6.07, 6.45) is 13.2. The molecule has 0 radical (unpaired) electrons. The number of carbonyl (C=O) groups is 2. The van der Waals surface area contributed by atoms with E-state index in [1.165, 1.54) is 24.7 Å². The Hall–Kier alpha value is -4.42. The van der Waals surface area contributed by atoms with Crippen LogP contribution in [0.5, 0.6) is 0 Å². The highest BCUT2D eigenvalue weighted by atomic mass is 16.5. The second-order valence-corrected chi connectivity index (χ2v) is 18.5. The molecule has 6 aliphatic carbocycles. The number of hydrogen-bond acceptors (Lipinski definition) is 12. The van der Waals surface area contributed by atoms with Crippen LogP contribution in [0, 0.1) is 11.8 Å². The number of methoxy groups -OCH3 is 1. The lowest BCUT2D eigenvalue weighted by atomic mass is 9.82. The third-order valence-electron chi connectivity index (χ3n) is 14.6. The highest BCUT2D eigenvalue weighted by molar-refractivity contribution is 5.73. The lowest BCUT2D eigenvalue weighted by Crippen LogP contribution is -2.30. The van der Waals surface area contributed by atoms with E-state index in [9.17, 15) is 9.59 Å². The molecule has 4 atom stereocenters. The molecule has 2 N–H and O–H groups in total. The van der Waals surface area contributed by atoms with Gasteiger partial charge in [-0.2, -0.15) is 9.97 Å². The van der Waals surface area contributed by atoms with Crippen LogP contribution in [0.3, 0.4) is 0 Å². The zero-order chi connectivity index (χ0) is 39.3. The Morgan fingerprint density at radius 3 is 1.62 bits per heavy atom. The zero-order valence-corrected chi connectivity index (χ0v) is 33.6. The number of benzene rings is 2. The van der Waals surface area contributed by atoms with Crippen molar-refractivity contribution in [1.82, 2.24) is 30.9 Å². The Labute approximate surface area is 340 Å². The third-order valence-corrected chi connectivity index (χ3v) is 14.6. The molecule has 10 rings (SSSR count). The third kappa shape index (κ3) is 7.98. The second kappa shape index (κ2) is 15.6. The monoisotopic (exact) mass is 788 g/mol. The normalized spacial score (nSPS) is 30.3. The first-order chi connectivity index (χ1) is 28.4. The van der Waals surface area contributed by atoms with E-state index in [1.807, 2.05) is 0 Å². The molecular formula is C46H56N6O6. The Kier molecular flexibility index (Phi) is 10.2. The molecule has 0 bridgehead atoms. The minimum Gasteiger partial charge on any atom is -0.469 e. The Balaban J connectivity index is 0.632. The van der Waals surface area contributed by atoms with Gasteiger partial charge in [-0.1, -0.05) is 64.9 Å². The van der Waals surface area contributed by atoms with E-state index >= 15 is 0 Å². The molecule has 12 heteroatoms. The fraction of sp³-hybridized carbons (Fsp3) is 0.609. The number of esters is 2. The van der Waals surface area contributed by atoms with Crippen LogP contribution in [0.25, 0.3) is 0 Å². The van der Waals surface area contributed by atoms with Gasteiger partial charge >= 0.3 is 11.9 Å². The van der Waals surface area contributed by atoms with Crippen molar-refractivity contribution in [3.63, 3.8) is 0 Å². The van der Waals surface area contributed by atoms with Gasteiger partial charge in [0.25, 0.3) is 0 Å². The smallest absolute Gasteiger partial charge is 0.309 e. The van der Waals surface area contributed by atoms with Crippen molar-refractivity contribution < 1.29 is 28.1 Å². The molecule has 0 spiro atoms. The van der Waals surface area contributed by atoms with Crippen molar-refractivity contribution in [2.24, 2.45) is 11.8 Å². The van der Waals surface area contributed by atoms with Crippen molar-refractivity contribution in [2.45, 2.75) is 143 Å². The highest BCUT2D eigenvalue weighted by Crippen LogP contribution is 2.50. The number of nitrogens with one attached hydrogen (secondary N) is 2. The number of carbonyl (C=O) groups excluding carboxylic acids is 2. The highest BCUT2D eigenvalue weighted by Gasteiger charge is 2.52. The Morgan fingerprint density at radius 1 is 0.655 bits per heavy atom. The number of hydrogen-bond donors (Lipinski definition) is 2. The van der Waals surface area contributed by atoms with Gasteiger partial charge in [0.2, 0.25) is 11.8 Å². The van der Waals surface area contributed by atoms with Crippen molar-refractivity contribution in [3.8, 4) is 0 Å². The maximum atomic E-state index is 13.1. The van der Waals surface area contributed by atoms with Crippen LogP contribution >= 0.6 is 0 Å². The van der Waals surface area contributed by atoms with Crippen LogP contribution in [-0.2, 0) is 36.5 Å². The largest absolute Gasteiger partial charge is 0.469 e. The number of ether oxygens (including phenoxy) is 2. The molecule has 2 aromatic heterocycles. The van der Waals surface area contributed by atoms with Crippen LogP contribution in [-0.4, -0.2) is 64.5 Å². The van der Waals surface area contributed by atoms with Gasteiger partial charge in [0.15, 0.2) is 11.6 Å². The average Bonchev–Trinajstić information content (AvgIpc) is 4.18. The van der Waals surface area contributed by atoms with Gasteiger partial charge in [0, 0.05) is 59.7 Å². The van der Waals surface area contributed by atoms with E-state index in [4.69, 9.17) is 28.5 Å². The lowest BCUT2D eigenvalue weighted by Gasteiger charge is -2.25. The first-order valence-corrected chi connectivity index (χ1v) is 21.9. The van der Waals surface area contributed by atoms with Crippen molar-refractivity contribution in [2.75, 3.05) is 20.2 Å². The van der Waals surface area contributed by atoms with E-state index in [0.717, 1.165) is 126 Å². The maximum absolute atomic E-state index is 13.1. The molecule has 0 unspecified atom stereocenters. The van der Waals surface area contributed by atoms with Crippen molar-refractivity contribution in [3.05, 3.63) is 94.7 Å². The van der Waals surface area contributed by atoms with Crippen LogP contribution in [0.1, 0.15) is 154 Å². The van der Waals surface area contributed by atoms with Gasteiger partial charge in [-0.15, -0.1) is 0 Å². The second-order valence-electron chi connectivity index (χ2n) is 18.5. The summed E-state index contributed by atoms with van der Waals surface area (Å²) >= 11 is 0. The number of nitrogens with zero attached hydrogens (tertiary/aromatic N) is 4. The van der Waals surface area contributed by atoms with E-state index < -0.39 is 0 Å². The topological polar surface area (TPSA) is 154 Å². The van der Waals surface area contributed by atoms with E-state index in [1.54, 1.807) is 0 Å². The number of aromatic nitrogens is 4. The summed E-state index contributed by atoms with van der Waals surface area (Å²) in [5, 5.41) is 16.5. The summed E-state index contributed by atoms with van der Waals surface area (Å²) in [6.45, 7) is 2.04. The van der Waals surface area contributed by atoms with Gasteiger partial charge in [0.05, 0.1) is 18.9 Å². The molecular weight excluding hydrogens is 733 g/mol. The molecule has 58 heavy (non-hydrogen) atoms. The molecule has 0 aliphatic heterocycles. The van der Waals surface area contributed by atoms with Crippen molar-refractivity contribution >= 4 is 11.9 Å². The van der Waals surface area contributed by atoms with Crippen LogP contribution < -0.4 is 10.6 Å². The van der Waals surface area contributed by atoms with Crippen LogP contribution in [0.15, 0.2) is 63.6 Å². The van der Waals surface area contributed by atoms with E-state index in [-0.39, 0.29) is 46.4 Å². The predicted octanol–water partition coefficient (Wildman–Crippen LogP) is 7.27. The maximum Gasteiger partial charge on any atom is 0.309 e. The van der Waals surface area contributed by atoms with Crippen molar-refractivity contribution in [1.29, 1.82) is 0 Å². The standard InChI is InChI=1S/C46H56N6O6/c1-55-41(53)33-15-11-31(12-16-33)39-49-44(51-57-39)46(21-22-46)27-48-38-24-36(38)30-9-7-28(8-10-30)25-56-42(54)34-17-13-32(14-18-34)40-50-43(52-58-40)45(19-20-45)26-47-37-23-35(37)29-5-3-2-4-6-29/h2-10,31-38,47-48H,11-27H2,1H3/t31?,32?,33?,34?,35-,36+,37+,38-/m0/s1. The van der Waals surface area contributed by atoms with Gasteiger partial charge in [-0.3, -0.25) is 9.59 Å². The molecule has 12 nitrogen and oxygen atoms in total. The minimum absolute atomic E-state index is 0.000195. The summed E-state index contributed by atoms with van der Waals surface area (Å²) in [7, 11) is 1.46.